The summed E-state index contributed by atoms with van der Waals surface area (Å²) in [5, 5.41) is 5.09. The summed E-state index contributed by atoms with van der Waals surface area (Å²) in [6.07, 6.45) is 0. The van der Waals surface area contributed by atoms with Crippen molar-refractivity contribution in [1.29, 1.82) is 0 Å². The minimum atomic E-state index is -0.696. The standard InChI is InChI=1S/C19H23N3O4/c1-25-16-5-7-17(8-6-16)26-10-9-21-18(23)19(24)22-13-15-4-2-3-14(11-15)12-20/h2-8,11H,9-10,12-13,20H2,1H3,(H,21,23)(H,22,24). The van der Waals surface area contributed by atoms with Crippen LogP contribution < -0.4 is 25.8 Å². The van der Waals surface area contributed by atoms with Crippen LogP contribution in [0.5, 0.6) is 11.5 Å². The number of hydrogen-bond donors (Lipinski definition) is 3. The summed E-state index contributed by atoms with van der Waals surface area (Å²) < 4.78 is 10.5. The molecule has 4 N–H and O–H groups in total. The molecule has 2 aromatic rings. The molecule has 0 aliphatic carbocycles. The van der Waals surface area contributed by atoms with Crippen LogP contribution >= 0.6 is 0 Å². The molecule has 138 valence electrons. The second-order valence-electron chi connectivity index (χ2n) is 5.49. The molecule has 0 heterocycles. The van der Waals surface area contributed by atoms with Gasteiger partial charge in [-0.25, -0.2) is 0 Å². The van der Waals surface area contributed by atoms with E-state index >= 15 is 0 Å². The Hall–Kier alpha value is -3.06. The highest BCUT2D eigenvalue weighted by Gasteiger charge is 2.12. The molecule has 0 saturated heterocycles. The Morgan fingerprint density at radius 1 is 0.962 bits per heavy atom. The minimum Gasteiger partial charge on any atom is -0.497 e. The maximum Gasteiger partial charge on any atom is 0.309 e. The number of hydrogen-bond acceptors (Lipinski definition) is 5. The van der Waals surface area contributed by atoms with E-state index in [9.17, 15) is 9.59 Å². The Labute approximate surface area is 152 Å². The molecule has 0 fully saturated rings. The van der Waals surface area contributed by atoms with Crippen molar-refractivity contribution in [3.63, 3.8) is 0 Å². The maximum atomic E-state index is 11.8. The van der Waals surface area contributed by atoms with Crippen molar-refractivity contribution in [2.24, 2.45) is 5.73 Å². The third-order valence-corrected chi connectivity index (χ3v) is 3.60. The van der Waals surface area contributed by atoms with Crippen LogP contribution in [0.1, 0.15) is 11.1 Å². The Morgan fingerprint density at radius 2 is 1.62 bits per heavy atom. The molecular formula is C19H23N3O4. The molecule has 0 aliphatic rings. The van der Waals surface area contributed by atoms with Gasteiger partial charge in [-0.05, 0) is 35.4 Å². The predicted molar refractivity (Wildman–Crippen MR) is 97.7 cm³/mol. The van der Waals surface area contributed by atoms with E-state index in [0.29, 0.717) is 12.3 Å². The molecule has 0 aromatic heterocycles. The van der Waals surface area contributed by atoms with Gasteiger partial charge < -0.3 is 25.8 Å². The average Bonchev–Trinajstić information content (AvgIpc) is 2.69. The molecule has 7 nitrogen and oxygen atoms in total. The van der Waals surface area contributed by atoms with Gasteiger partial charge in [0, 0.05) is 13.1 Å². The highest BCUT2D eigenvalue weighted by molar-refractivity contribution is 6.35. The zero-order valence-corrected chi connectivity index (χ0v) is 14.7. The minimum absolute atomic E-state index is 0.223. The van der Waals surface area contributed by atoms with Gasteiger partial charge in [-0.1, -0.05) is 24.3 Å². The summed E-state index contributed by atoms with van der Waals surface area (Å²) in [6, 6.07) is 14.6. The van der Waals surface area contributed by atoms with Gasteiger partial charge in [0.25, 0.3) is 0 Å². The van der Waals surface area contributed by atoms with Crippen LogP contribution in [-0.4, -0.2) is 32.1 Å². The zero-order valence-electron chi connectivity index (χ0n) is 14.7. The van der Waals surface area contributed by atoms with Crippen LogP contribution in [0, 0.1) is 0 Å². The van der Waals surface area contributed by atoms with E-state index < -0.39 is 11.8 Å². The van der Waals surface area contributed by atoms with E-state index in [-0.39, 0.29) is 19.7 Å². The van der Waals surface area contributed by atoms with Crippen LogP contribution in [0.4, 0.5) is 0 Å². The lowest BCUT2D eigenvalue weighted by molar-refractivity contribution is -0.139. The largest absolute Gasteiger partial charge is 0.497 e. The molecule has 0 bridgehead atoms. The number of carbonyl (C=O) groups excluding carboxylic acids is 2. The summed E-state index contributed by atoms with van der Waals surface area (Å²) in [6.45, 7) is 1.17. The topological polar surface area (TPSA) is 103 Å². The van der Waals surface area contributed by atoms with Crippen LogP contribution in [-0.2, 0) is 22.7 Å². The number of nitrogens with two attached hydrogens (primary N) is 1. The van der Waals surface area contributed by atoms with Gasteiger partial charge in [0.2, 0.25) is 0 Å². The fourth-order valence-corrected chi connectivity index (χ4v) is 2.21. The predicted octanol–water partition coefficient (Wildman–Crippen LogP) is 0.965. The normalized spacial score (nSPS) is 10.1. The molecule has 7 heteroatoms. The molecule has 2 amide bonds. The van der Waals surface area contributed by atoms with Crippen molar-refractivity contribution in [3.8, 4) is 11.5 Å². The van der Waals surface area contributed by atoms with Gasteiger partial charge in [0.05, 0.1) is 13.7 Å². The van der Waals surface area contributed by atoms with E-state index in [4.69, 9.17) is 15.2 Å². The molecule has 2 aromatic carbocycles. The van der Waals surface area contributed by atoms with Crippen molar-refractivity contribution >= 4 is 11.8 Å². The van der Waals surface area contributed by atoms with Crippen LogP contribution in [0.25, 0.3) is 0 Å². The first kappa shape index (κ1) is 19.3. The average molecular weight is 357 g/mol. The SMILES string of the molecule is COc1ccc(OCCNC(=O)C(=O)NCc2cccc(CN)c2)cc1. The van der Waals surface area contributed by atoms with Gasteiger partial charge in [0.1, 0.15) is 18.1 Å². The molecule has 0 atom stereocenters. The highest BCUT2D eigenvalue weighted by atomic mass is 16.5. The fraction of sp³-hybridized carbons (Fsp3) is 0.263. The Kier molecular flexibility index (Phi) is 7.45. The molecule has 0 radical (unpaired) electrons. The van der Waals surface area contributed by atoms with Crippen LogP contribution in [0.15, 0.2) is 48.5 Å². The summed E-state index contributed by atoms with van der Waals surface area (Å²) in [7, 11) is 1.59. The van der Waals surface area contributed by atoms with Crippen molar-refractivity contribution in [2.75, 3.05) is 20.3 Å². The second-order valence-corrected chi connectivity index (χ2v) is 5.49. The van der Waals surface area contributed by atoms with Gasteiger partial charge in [0.15, 0.2) is 0 Å². The lowest BCUT2D eigenvalue weighted by atomic mass is 10.1. The summed E-state index contributed by atoms with van der Waals surface area (Å²) in [5.41, 5.74) is 7.43. The number of ether oxygens (including phenoxy) is 2. The molecule has 0 unspecified atom stereocenters. The monoisotopic (exact) mass is 357 g/mol. The number of benzene rings is 2. The Morgan fingerprint density at radius 3 is 2.31 bits per heavy atom. The molecular weight excluding hydrogens is 334 g/mol. The van der Waals surface area contributed by atoms with Crippen molar-refractivity contribution in [2.45, 2.75) is 13.1 Å². The fourth-order valence-electron chi connectivity index (χ4n) is 2.21. The number of nitrogens with one attached hydrogen (secondary N) is 2. The molecule has 2 rings (SSSR count). The summed E-state index contributed by atoms with van der Waals surface area (Å²) >= 11 is 0. The van der Waals surface area contributed by atoms with E-state index in [2.05, 4.69) is 10.6 Å². The zero-order chi connectivity index (χ0) is 18.8. The number of carbonyl (C=O) groups is 2. The first-order chi connectivity index (χ1) is 12.6. The highest BCUT2D eigenvalue weighted by Crippen LogP contribution is 2.16. The number of methoxy groups -OCH3 is 1. The molecule has 0 aliphatic heterocycles. The summed E-state index contributed by atoms with van der Waals surface area (Å²) in [4.78, 5) is 23.6. The van der Waals surface area contributed by atoms with Gasteiger partial charge in [-0.2, -0.15) is 0 Å². The third kappa shape index (κ3) is 6.10. The van der Waals surface area contributed by atoms with Crippen LogP contribution in [0.2, 0.25) is 0 Å². The third-order valence-electron chi connectivity index (χ3n) is 3.60. The van der Waals surface area contributed by atoms with Crippen LogP contribution in [0.3, 0.4) is 0 Å². The van der Waals surface area contributed by atoms with E-state index in [1.165, 1.54) is 0 Å². The number of amides is 2. The van der Waals surface area contributed by atoms with Gasteiger partial charge in [-0.3, -0.25) is 9.59 Å². The van der Waals surface area contributed by atoms with Crippen molar-refractivity contribution in [1.82, 2.24) is 10.6 Å². The summed E-state index contributed by atoms with van der Waals surface area (Å²) in [5.74, 6) is 0.00881. The maximum absolute atomic E-state index is 11.8. The van der Waals surface area contributed by atoms with Gasteiger partial charge >= 0.3 is 11.8 Å². The van der Waals surface area contributed by atoms with Crippen molar-refractivity contribution in [3.05, 3.63) is 59.7 Å². The van der Waals surface area contributed by atoms with E-state index in [0.717, 1.165) is 16.9 Å². The van der Waals surface area contributed by atoms with E-state index in [1.807, 2.05) is 24.3 Å². The smallest absolute Gasteiger partial charge is 0.309 e. The Bertz CT molecular complexity index is 732. The first-order valence-electron chi connectivity index (χ1n) is 8.23. The first-order valence-corrected chi connectivity index (χ1v) is 8.23. The van der Waals surface area contributed by atoms with Crippen molar-refractivity contribution < 1.29 is 19.1 Å². The number of rotatable bonds is 8. The quantitative estimate of drug-likeness (QED) is 0.482. The van der Waals surface area contributed by atoms with Gasteiger partial charge in [-0.15, -0.1) is 0 Å². The molecule has 26 heavy (non-hydrogen) atoms. The molecule has 0 spiro atoms. The second kappa shape index (κ2) is 10.0. The van der Waals surface area contributed by atoms with E-state index in [1.54, 1.807) is 31.4 Å². The Balaban J connectivity index is 1.67. The molecule has 0 saturated carbocycles. The lowest BCUT2D eigenvalue weighted by Crippen LogP contribution is -2.41. The lowest BCUT2D eigenvalue weighted by Gasteiger charge is -2.09.